The van der Waals surface area contributed by atoms with E-state index in [-0.39, 0.29) is 5.54 Å². The van der Waals surface area contributed by atoms with E-state index in [1.165, 1.54) is 18.4 Å². The number of hydrogen-bond donors (Lipinski definition) is 1. The lowest BCUT2D eigenvalue weighted by atomic mass is 9.83. The Kier molecular flexibility index (Phi) is 3.85. The fraction of sp³-hybridized carbons (Fsp3) is 0.625. The molecular formula is C16H24N2O2. The van der Waals surface area contributed by atoms with Gasteiger partial charge in [-0.1, -0.05) is 12.1 Å². The lowest BCUT2D eigenvalue weighted by Gasteiger charge is -2.41. The summed E-state index contributed by atoms with van der Waals surface area (Å²) in [6.45, 7) is 3.64. The lowest BCUT2D eigenvalue weighted by molar-refractivity contribution is 0.112. The third-order valence-electron chi connectivity index (χ3n) is 4.73. The summed E-state index contributed by atoms with van der Waals surface area (Å²) in [5.41, 5.74) is 7.38. The summed E-state index contributed by atoms with van der Waals surface area (Å²) in [5, 5.41) is 0. The van der Waals surface area contributed by atoms with Gasteiger partial charge in [-0.3, -0.25) is 4.90 Å². The maximum atomic E-state index is 6.26. The molecule has 110 valence electrons. The Morgan fingerprint density at radius 2 is 2.10 bits per heavy atom. The maximum absolute atomic E-state index is 6.26. The zero-order valence-electron chi connectivity index (χ0n) is 12.2. The van der Waals surface area contributed by atoms with Crippen LogP contribution in [0.1, 0.15) is 31.2 Å². The summed E-state index contributed by atoms with van der Waals surface area (Å²) in [6, 6.07) is 6.18. The highest BCUT2D eigenvalue weighted by atomic mass is 16.5. The highest BCUT2D eigenvalue weighted by Gasteiger charge is 2.42. The lowest BCUT2D eigenvalue weighted by Crippen LogP contribution is -2.49. The Morgan fingerprint density at radius 1 is 1.30 bits per heavy atom. The van der Waals surface area contributed by atoms with Crippen molar-refractivity contribution in [2.45, 2.75) is 31.2 Å². The molecule has 1 fully saturated rings. The van der Waals surface area contributed by atoms with Gasteiger partial charge in [0.25, 0.3) is 0 Å². The average Bonchev–Trinajstić information content (AvgIpc) is 2.96. The molecule has 0 aromatic heterocycles. The molecule has 3 rings (SSSR count). The van der Waals surface area contributed by atoms with Crippen molar-refractivity contribution in [2.75, 3.05) is 33.4 Å². The van der Waals surface area contributed by atoms with Crippen LogP contribution < -0.4 is 15.2 Å². The number of likely N-dealkylation sites (tertiary alicyclic amines) is 1. The first-order valence-corrected chi connectivity index (χ1v) is 7.57. The van der Waals surface area contributed by atoms with Gasteiger partial charge in [0.05, 0.1) is 19.3 Å². The second-order valence-electron chi connectivity index (χ2n) is 5.72. The fourth-order valence-corrected chi connectivity index (χ4v) is 3.68. The molecule has 0 saturated carbocycles. The van der Waals surface area contributed by atoms with Gasteiger partial charge in [0, 0.05) is 12.1 Å². The van der Waals surface area contributed by atoms with Crippen LogP contribution in [-0.2, 0) is 5.54 Å². The minimum Gasteiger partial charge on any atom is -0.493 e. The van der Waals surface area contributed by atoms with E-state index < -0.39 is 0 Å². The maximum Gasteiger partial charge on any atom is 0.166 e. The number of benzene rings is 1. The molecule has 0 amide bonds. The van der Waals surface area contributed by atoms with Gasteiger partial charge in [0.15, 0.2) is 11.5 Å². The number of ether oxygens (including phenoxy) is 2. The highest BCUT2D eigenvalue weighted by molar-refractivity contribution is 5.50. The van der Waals surface area contributed by atoms with Gasteiger partial charge in [-0.25, -0.2) is 0 Å². The predicted molar refractivity (Wildman–Crippen MR) is 79.3 cm³/mol. The van der Waals surface area contributed by atoms with E-state index in [2.05, 4.69) is 11.0 Å². The predicted octanol–water partition coefficient (Wildman–Crippen LogP) is 2.12. The number of rotatable bonds is 3. The van der Waals surface area contributed by atoms with Crippen molar-refractivity contribution in [2.24, 2.45) is 5.73 Å². The third-order valence-corrected chi connectivity index (χ3v) is 4.73. The van der Waals surface area contributed by atoms with Crippen molar-refractivity contribution in [3.8, 4) is 11.5 Å². The Hall–Kier alpha value is -1.26. The van der Waals surface area contributed by atoms with Gasteiger partial charge in [-0.15, -0.1) is 0 Å². The molecule has 0 spiro atoms. The number of fused-ring (bicyclic) bond motifs is 1. The summed E-state index contributed by atoms with van der Waals surface area (Å²) in [5.74, 6) is 1.71. The summed E-state index contributed by atoms with van der Waals surface area (Å²) in [7, 11) is 1.70. The van der Waals surface area contributed by atoms with Crippen molar-refractivity contribution < 1.29 is 9.47 Å². The van der Waals surface area contributed by atoms with Crippen LogP contribution in [0.25, 0.3) is 0 Å². The minimum atomic E-state index is -0.0864. The summed E-state index contributed by atoms with van der Waals surface area (Å²) in [4.78, 5) is 2.56. The van der Waals surface area contributed by atoms with Crippen molar-refractivity contribution in [1.82, 2.24) is 4.90 Å². The molecule has 1 saturated heterocycles. The van der Waals surface area contributed by atoms with Crippen molar-refractivity contribution >= 4 is 0 Å². The van der Waals surface area contributed by atoms with E-state index in [9.17, 15) is 0 Å². The van der Waals surface area contributed by atoms with Gasteiger partial charge in [0.1, 0.15) is 0 Å². The SMILES string of the molecule is COc1cccc2c1OCCCC2(CN)N1CCCC1. The molecule has 0 radical (unpaired) electrons. The topological polar surface area (TPSA) is 47.7 Å². The molecule has 0 aliphatic carbocycles. The fourth-order valence-electron chi connectivity index (χ4n) is 3.68. The standard InChI is InChI=1S/C16H24N2O2/c1-19-14-7-4-6-13-15(14)20-11-5-8-16(13,12-17)18-9-2-3-10-18/h4,6-7H,2-3,5,8-12,17H2,1H3. The first-order valence-electron chi connectivity index (χ1n) is 7.57. The number of nitrogens with zero attached hydrogens (tertiary/aromatic N) is 1. The largest absolute Gasteiger partial charge is 0.493 e. The first kappa shape index (κ1) is 13.7. The number of methoxy groups -OCH3 is 1. The van der Waals surface area contributed by atoms with Crippen LogP contribution in [0.4, 0.5) is 0 Å². The summed E-state index contributed by atoms with van der Waals surface area (Å²) >= 11 is 0. The molecule has 1 atom stereocenters. The molecule has 4 heteroatoms. The molecule has 0 bridgehead atoms. The van der Waals surface area contributed by atoms with Crippen LogP contribution in [0, 0.1) is 0 Å². The molecule has 2 N–H and O–H groups in total. The first-order chi connectivity index (χ1) is 9.81. The van der Waals surface area contributed by atoms with Crippen LogP contribution in [0.3, 0.4) is 0 Å². The minimum absolute atomic E-state index is 0.0864. The van der Waals surface area contributed by atoms with Crippen molar-refractivity contribution in [3.05, 3.63) is 23.8 Å². The van der Waals surface area contributed by atoms with E-state index in [4.69, 9.17) is 15.2 Å². The quantitative estimate of drug-likeness (QED) is 0.918. The van der Waals surface area contributed by atoms with Gasteiger partial charge in [-0.05, 0) is 44.8 Å². The van der Waals surface area contributed by atoms with Crippen LogP contribution >= 0.6 is 0 Å². The van der Waals surface area contributed by atoms with Crippen molar-refractivity contribution in [1.29, 1.82) is 0 Å². The molecule has 1 aromatic carbocycles. The molecule has 4 nitrogen and oxygen atoms in total. The van der Waals surface area contributed by atoms with Gasteiger partial charge >= 0.3 is 0 Å². The third kappa shape index (κ3) is 2.07. The van der Waals surface area contributed by atoms with Gasteiger partial charge in [-0.2, -0.15) is 0 Å². The second kappa shape index (κ2) is 5.62. The van der Waals surface area contributed by atoms with E-state index in [0.717, 1.165) is 44.0 Å². The molecule has 1 aromatic rings. The van der Waals surface area contributed by atoms with Crippen LogP contribution in [0.2, 0.25) is 0 Å². The zero-order chi connectivity index (χ0) is 14.0. The highest BCUT2D eigenvalue weighted by Crippen LogP contribution is 2.45. The Labute approximate surface area is 120 Å². The van der Waals surface area contributed by atoms with Crippen LogP contribution in [0.15, 0.2) is 18.2 Å². The average molecular weight is 276 g/mol. The molecule has 1 unspecified atom stereocenters. The van der Waals surface area contributed by atoms with Gasteiger partial charge < -0.3 is 15.2 Å². The van der Waals surface area contributed by atoms with Crippen LogP contribution in [-0.4, -0.2) is 38.3 Å². The van der Waals surface area contributed by atoms with Crippen molar-refractivity contribution in [3.63, 3.8) is 0 Å². The number of para-hydroxylation sites is 1. The van der Waals surface area contributed by atoms with E-state index in [1.807, 2.05) is 12.1 Å². The van der Waals surface area contributed by atoms with Crippen LogP contribution in [0.5, 0.6) is 11.5 Å². The second-order valence-corrected chi connectivity index (χ2v) is 5.72. The Bertz CT molecular complexity index is 472. The molecule has 2 heterocycles. The molecule has 2 aliphatic rings. The monoisotopic (exact) mass is 276 g/mol. The Balaban J connectivity index is 2.11. The van der Waals surface area contributed by atoms with E-state index >= 15 is 0 Å². The Morgan fingerprint density at radius 3 is 2.80 bits per heavy atom. The van der Waals surface area contributed by atoms with E-state index in [0.29, 0.717) is 6.54 Å². The summed E-state index contributed by atoms with van der Waals surface area (Å²) in [6.07, 6.45) is 4.62. The number of hydrogen-bond acceptors (Lipinski definition) is 4. The smallest absolute Gasteiger partial charge is 0.166 e. The van der Waals surface area contributed by atoms with E-state index in [1.54, 1.807) is 7.11 Å². The molecule has 2 aliphatic heterocycles. The zero-order valence-corrected chi connectivity index (χ0v) is 12.2. The van der Waals surface area contributed by atoms with Gasteiger partial charge in [0.2, 0.25) is 0 Å². The molecular weight excluding hydrogens is 252 g/mol. The molecule has 20 heavy (non-hydrogen) atoms. The number of nitrogens with two attached hydrogens (primary N) is 1. The normalized spacial score (nSPS) is 26.7. The summed E-state index contributed by atoms with van der Waals surface area (Å²) < 4.78 is 11.5.